The summed E-state index contributed by atoms with van der Waals surface area (Å²) < 4.78 is 19.8. The van der Waals surface area contributed by atoms with Crippen LogP contribution in [-0.4, -0.2) is 21.0 Å². The van der Waals surface area contributed by atoms with Gasteiger partial charge >= 0.3 is 0 Å². The number of fused-ring (bicyclic) bond motifs is 1. The maximum absolute atomic E-state index is 14.0. The van der Waals surface area contributed by atoms with Gasteiger partial charge in [-0.15, -0.1) is 0 Å². The lowest BCUT2D eigenvalue weighted by Crippen LogP contribution is -2.30. The minimum Gasteiger partial charge on any atom is -0.351 e. The molecular formula is C18H13FN4O2S. The molecule has 3 aromatic heterocycles. The van der Waals surface area contributed by atoms with Crippen LogP contribution in [0.3, 0.4) is 0 Å². The molecule has 0 unspecified atom stereocenters. The van der Waals surface area contributed by atoms with E-state index in [2.05, 4.69) is 15.1 Å². The summed E-state index contributed by atoms with van der Waals surface area (Å²) in [4.78, 5) is 23.0. The van der Waals surface area contributed by atoms with Gasteiger partial charge in [0, 0.05) is 12.3 Å². The number of para-hydroxylation sites is 1. The highest BCUT2D eigenvalue weighted by Gasteiger charge is 2.25. The molecule has 26 heavy (non-hydrogen) atoms. The predicted octanol–water partition coefficient (Wildman–Crippen LogP) is 3.97. The van der Waals surface area contributed by atoms with Crippen LogP contribution in [0.1, 0.15) is 21.9 Å². The van der Waals surface area contributed by atoms with E-state index in [0.717, 1.165) is 0 Å². The van der Waals surface area contributed by atoms with Crippen molar-refractivity contribution in [3.63, 3.8) is 0 Å². The molecule has 4 rings (SSSR count). The molecule has 1 amide bonds. The number of rotatable bonds is 4. The fraction of sp³-hybridized carbons (Fsp3) is 0.111. The second-order valence-corrected chi connectivity index (χ2v) is 6.64. The van der Waals surface area contributed by atoms with E-state index in [-0.39, 0.29) is 17.8 Å². The number of hydrogen-bond acceptors (Lipinski definition) is 6. The number of hydrogen-bond donors (Lipinski definition) is 0. The molecule has 0 saturated heterocycles. The first kappa shape index (κ1) is 16.3. The number of nitrogens with zero attached hydrogens (tertiary/aromatic N) is 4. The Hall–Kier alpha value is -3.13. The number of carbonyl (C=O) groups excluding carboxylic acids is 1. The van der Waals surface area contributed by atoms with Crippen molar-refractivity contribution in [3.05, 3.63) is 71.6 Å². The van der Waals surface area contributed by atoms with Crippen molar-refractivity contribution in [1.82, 2.24) is 15.1 Å². The van der Waals surface area contributed by atoms with Crippen LogP contribution in [0.15, 0.2) is 53.2 Å². The lowest BCUT2D eigenvalue weighted by Gasteiger charge is -2.17. The Balaban J connectivity index is 1.78. The van der Waals surface area contributed by atoms with Crippen molar-refractivity contribution in [2.24, 2.45) is 0 Å². The third-order valence-electron chi connectivity index (χ3n) is 3.72. The van der Waals surface area contributed by atoms with Crippen LogP contribution in [-0.2, 0) is 6.54 Å². The molecule has 0 bridgehead atoms. The molecule has 0 atom stereocenters. The first-order chi connectivity index (χ1) is 12.6. The SMILES string of the molecule is Cc1cc(C(=O)N(Cc2ccccn2)c2nc3c(F)cccc3s2)on1. The van der Waals surface area contributed by atoms with E-state index in [4.69, 9.17) is 4.52 Å². The van der Waals surface area contributed by atoms with Crippen LogP contribution in [0.4, 0.5) is 9.52 Å². The second kappa shape index (κ2) is 6.64. The molecule has 1 aromatic carbocycles. The Labute approximate surface area is 151 Å². The highest BCUT2D eigenvalue weighted by Crippen LogP contribution is 2.32. The Bertz CT molecular complexity index is 1080. The van der Waals surface area contributed by atoms with Gasteiger partial charge in [-0.05, 0) is 31.2 Å². The van der Waals surface area contributed by atoms with Gasteiger partial charge in [-0.3, -0.25) is 14.7 Å². The van der Waals surface area contributed by atoms with Gasteiger partial charge in [0.15, 0.2) is 5.13 Å². The third-order valence-corrected chi connectivity index (χ3v) is 4.76. The highest BCUT2D eigenvalue weighted by molar-refractivity contribution is 7.22. The van der Waals surface area contributed by atoms with Crippen LogP contribution in [0, 0.1) is 12.7 Å². The van der Waals surface area contributed by atoms with Crippen molar-refractivity contribution in [2.45, 2.75) is 13.5 Å². The van der Waals surface area contributed by atoms with Crippen LogP contribution >= 0.6 is 11.3 Å². The average molecular weight is 368 g/mol. The van der Waals surface area contributed by atoms with E-state index >= 15 is 0 Å². The van der Waals surface area contributed by atoms with Gasteiger partial charge in [-0.1, -0.05) is 28.6 Å². The summed E-state index contributed by atoms with van der Waals surface area (Å²) in [5.41, 5.74) is 1.51. The smallest absolute Gasteiger partial charge is 0.299 e. The molecule has 0 N–H and O–H groups in total. The topological polar surface area (TPSA) is 72.1 Å². The van der Waals surface area contributed by atoms with Crippen LogP contribution in [0.5, 0.6) is 0 Å². The van der Waals surface area contributed by atoms with Crippen LogP contribution in [0.25, 0.3) is 10.2 Å². The van der Waals surface area contributed by atoms with Gasteiger partial charge in [0.1, 0.15) is 11.3 Å². The number of aryl methyl sites for hydroxylation is 1. The third kappa shape index (κ3) is 3.06. The Morgan fingerprint density at radius 3 is 2.85 bits per heavy atom. The molecular weight excluding hydrogens is 355 g/mol. The quantitative estimate of drug-likeness (QED) is 0.545. The van der Waals surface area contributed by atoms with E-state index in [1.165, 1.54) is 22.3 Å². The Morgan fingerprint density at radius 1 is 1.27 bits per heavy atom. The normalized spacial score (nSPS) is 11.0. The number of benzene rings is 1. The summed E-state index contributed by atoms with van der Waals surface area (Å²) >= 11 is 1.23. The maximum atomic E-state index is 14.0. The number of aromatic nitrogens is 3. The zero-order valence-electron chi connectivity index (χ0n) is 13.7. The molecule has 0 fully saturated rings. The Morgan fingerprint density at radius 2 is 2.15 bits per heavy atom. The molecule has 130 valence electrons. The zero-order valence-corrected chi connectivity index (χ0v) is 14.5. The fourth-order valence-corrected chi connectivity index (χ4v) is 3.47. The van der Waals surface area contributed by atoms with Crippen molar-refractivity contribution in [1.29, 1.82) is 0 Å². The Kier molecular flexibility index (Phi) is 4.18. The van der Waals surface area contributed by atoms with Gasteiger partial charge in [0.05, 0.1) is 22.6 Å². The lowest BCUT2D eigenvalue weighted by molar-refractivity contribution is 0.0949. The van der Waals surface area contributed by atoms with E-state index in [0.29, 0.717) is 21.2 Å². The van der Waals surface area contributed by atoms with E-state index in [1.807, 2.05) is 6.07 Å². The zero-order chi connectivity index (χ0) is 18.1. The van der Waals surface area contributed by atoms with E-state index in [1.54, 1.807) is 43.5 Å². The molecule has 0 aliphatic carbocycles. The van der Waals surface area contributed by atoms with Crippen molar-refractivity contribution in [2.75, 3.05) is 4.90 Å². The number of anilines is 1. The first-order valence-corrected chi connectivity index (χ1v) is 8.63. The minimum absolute atomic E-state index is 0.0955. The van der Waals surface area contributed by atoms with Crippen molar-refractivity contribution < 1.29 is 13.7 Å². The number of pyridine rings is 1. The summed E-state index contributed by atoms with van der Waals surface area (Å²) in [5.74, 6) is -0.736. The fourth-order valence-electron chi connectivity index (χ4n) is 2.50. The largest absolute Gasteiger partial charge is 0.351 e. The molecule has 0 spiro atoms. The minimum atomic E-state index is -0.425. The monoisotopic (exact) mass is 368 g/mol. The summed E-state index contributed by atoms with van der Waals surface area (Å²) in [6.45, 7) is 1.91. The summed E-state index contributed by atoms with van der Waals surface area (Å²) in [6, 6.07) is 11.7. The van der Waals surface area contributed by atoms with Crippen molar-refractivity contribution >= 4 is 32.6 Å². The predicted molar refractivity (Wildman–Crippen MR) is 95.6 cm³/mol. The summed E-state index contributed by atoms with van der Waals surface area (Å²) in [6.07, 6.45) is 1.65. The van der Waals surface area contributed by atoms with E-state index < -0.39 is 11.7 Å². The molecule has 3 heterocycles. The van der Waals surface area contributed by atoms with E-state index in [9.17, 15) is 9.18 Å². The second-order valence-electron chi connectivity index (χ2n) is 5.63. The molecule has 0 aliphatic heterocycles. The molecule has 0 saturated carbocycles. The first-order valence-electron chi connectivity index (χ1n) is 7.82. The van der Waals surface area contributed by atoms with Gasteiger partial charge in [0.2, 0.25) is 5.76 Å². The standard InChI is InChI=1S/C18H13FN4O2S/c1-11-9-14(25-22-11)17(24)23(10-12-5-2-3-8-20-12)18-21-16-13(19)6-4-7-15(16)26-18/h2-9H,10H2,1H3. The number of thiazole rings is 1. The van der Waals surface area contributed by atoms with Crippen LogP contribution < -0.4 is 4.90 Å². The molecule has 0 radical (unpaired) electrons. The summed E-state index contributed by atoms with van der Waals surface area (Å²) in [5, 5.41) is 4.13. The molecule has 4 aromatic rings. The molecule has 8 heteroatoms. The van der Waals surface area contributed by atoms with Gasteiger partial charge in [-0.25, -0.2) is 9.37 Å². The average Bonchev–Trinajstić information content (AvgIpc) is 3.27. The number of carbonyl (C=O) groups is 1. The van der Waals surface area contributed by atoms with Crippen LogP contribution in [0.2, 0.25) is 0 Å². The van der Waals surface area contributed by atoms with Gasteiger partial charge in [-0.2, -0.15) is 0 Å². The highest BCUT2D eigenvalue weighted by atomic mass is 32.1. The summed E-state index contributed by atoms with van der Waals surface area (Å²) in [7, 11) is 0. The number of amides is 1. The van der Waals surface area contributed by atoms with Crippen molar-refractivity contribution in [3.8, 4) is 0 Å². The number of halogens is 1. The molecule has 6 nitrogen and oxygen atoms in total. The maximum Gasteiger partial charge on any atom is 0.299 e. The van der Waals surface area contributed by atoms with Gasteiger partial charge < -0.3 is 4.52 Å². The molecule has 0 aliphatic rings. The van der Waals surface area contributed by atoms with Gasteiger partial charge in [0.25, 0.3) is 5.91 Å². The lowest BCUT2D eigenvalue weighted by atomic mass is 10.3.